The van der Waals surface area contributed by atoms with E-state index in [9.17, 15) is 0 Å². The highest BCUT2D eigenvalue weighted by Crippen LogP contribution is 2.33. The maximum Gasteiger partial charge on any atom is 0.00151 e. The Bertz CT molecular complexity index is 149. The van der Waals surface area contributed by atoms with E-state index >= 15 is 0 Å². The number of nitrogens with two attached hydrogens (primary N) is 1. The van der Waals surface area contributed by atoms with Gasteiger partial charge in [-0.2, -0.15) is 0 Å². The van der Waals surface area contributed by atoms with Crippen molar-refractivity contribution in [1.82, 2.24) is 4.90 Å². The first-order valence-electron chi connectivity index (χ1n) is 5.46. The van der Waals surface area contributed by atoms with Gasteiger partial charge in [-0.3, -0.25) is 0 Å². The Kier molecular flexibility index (Phi) is 3.74. The van der Waals surface area contributed by atoms with Gasteiger partial charge in [-0.05, 0) is 43.8 Å². The van der Waals surface area contributed by atoms with E-state index in [0.29, 0.717) is 5.41 Å². The summed E-state index contributed by atoms with van der Waals surface area (Å²) in [6, 6.07) is 0. The molecule has 0 bridgehead atoms. The summed E-state index contributed by atoms with van der Waals surface area (Å²) in [5.41, 5.74) is 5.98. The van der Waals surface area contributed by atoms with E-state index in [2.05, 4.69) is 25.7 Å². The van der Waals surface area contributed by atoms with Crippen molar-refractivity contribution >= 4 is 0 Å². The molecule has 1 atom stereocenters. The Balaban J connectivity index is 2.28. The zero-order valence-corrected chi connectivity index (χ0v) is 9.34. The van der Waals surface area contributed by atoms with E-state index in [1.165, 1.54) is 26.1 Å². The molecule has 0 aromatic carbocycles. The van der Waals surface area contributed by atoms with Crippen LogP contribution in [0.2, 0.25) is 0 Å². The number of hydrogen-bond donors (Lipinski definition) is 1. The zero-order chi connectivity index (χ0) is 9.90. The summed E-state index contributed by atoms with van der Waals surface area (Å²) < 4.78 is 0. The summed E-state index contributed by atoms with van der Waals surface area (Å²) in [5.74, 6) is 0.880. The van der Waals surface area contributed by atoms with E-state index in [4.69, 9.17) is 5.73 Å². The van der Waals surface area contributed by atoms with E-state index in [1.807, 2.05) is 0 Å². The summed E-state index contributed by atoms with van der Waals surface area (Å²) in [6.07, 6.45) is 2.52. The van der Waals surface area contributed by atoms with Crippen LogP contribution in [-0.2, 0) is 0 Å². The molecule has 1 saturated heterocycles. The van der Waals surface area contributed by atoms with Gasteiger partial charge in [0, 0.05) is 6.54 Å². The first kappa shape index (κ1) is 11.0. The smallest absolute Gasteiger partial charge is 0.00151 e. The molecule has 0 aliphatic carbocycles. The second-order valence-electron chi connectivity index (χ2n) is 5.29. The lowest BCUT2D eigenvalue weighted by atomic mass is 9.80. The predicted octanol–water partition coefficient (Wildman–Crippen LogP) is 1.70. The molecule has 13 heavy (non-hydrogen) atoms. The van der Waals surface area contributed by atoms with Crippen LogP contribution in [0.4, 0.5) is 0 Å². The van der Waals surface area contributed by atoms with Gasteiger partial charge >= 0.3 is 0 Å². The quantitative estimate of drug-likeness (QED) is 0.723. The zero-order valence-electron chi connectivity index (χ0n) is 9.34. The van der Waals surface area contributed by atoms with Crippen LogP contribution in [0.3, 0.4) is 0 Å². The molecule has 1 aliphatic heterocycles. The van der Waals surface area contributed by atoms with Crippen molar-refractivity contribution in [2.45, 2.75) is 33.6 Å². The van der Waals surface area contributed by atoms with Gasteiger partial charge in [0.25, 0.3) is 0 Å². The highest BCUT2D eigenvalue weighted by Gasteiger charge is 2.31. The average molecular weight is 184 g/mol. The van der Waals surface area contributed by atoms with Gasteiger partial charge in [-0.1, -0.05) is 20.8 Å². The molecule has 1 heterocycles. The molecule has 1 fully saturated rings. The number of likely N-dealkylation sites (tertiary alicyclic amines) is 1. The van der Waals surface area contributed by atoms with Crippen molar-refractivity contribution < 1.29 is 0 Å². The minimum atomic E-state index is 0.484. The second kappa shape index (κ2) is 4.43. The normalized spacial score (nSPS) is 25.4. The van der Waals surface area contributed by atoms with Gasteiger partial charge in [0.15, 0.2) is 0 Å². The molecule has 1 unspecified atom stereocenters. The van der Waals surface area contributed by atoms with Gasteiger partial charge in [0.05, 0.1) is 0 Å². The van der Waals surface area contributed by atoms with Crippen molar-refractivity contribution in [3.05, 3.63) is 0 Å². The summed E-state index contributed by atoms with van der Waals surface area (Å²) >= 11 is 0. The number of hydrogen-bond acceptors (Lipinski definition) is 2. The molecule has 78 valence electrons. The Hall–Kier alpha value is -0.0800. The third-order valence-electron chi connectivity index (χ3n) is 3.18. The topological polar surface area (TPSA) is 29.3 Å². The Morgan fingerprint density at radius 1 is 1.38 bits per heavy atom. The molecular formula is C11H24N2. The van der Waals surface area contributed by atoms with Crippen LogP contribution in [-0.4, -0.2) is 31.1 Å². The first-order valence-corrected chi connectivity index (χ1v) is 5.46. The molecule has 0 radical (unpaired) electrons. The first-order chi connectivity index (χ1) is 6.04. The molecule has 2 nitrogen and oxygen atoms in total. The van der Waals surface area contributed by atoms with Crippen molar-refractivity contribution in [2.24, 2.45) is 17.1 Å². The number of nitrogens with zero attached hydrogens (tertiary/aromatic N) is 1. The maximum atomic E-state index is 5.50. The Labute approximate surface area is 82.5 Å². The van der Waals surface area contributed by atoms with Crippen molar-refractivity contribution in [1.29, 1.82) is 0 Å². The van der Waals surface area contributed by atoms with Crippen LogP contribution in [0, 0.1) is 11.3 Å². The molecule has 2 N–H and O–H groups in total. The second-order valence-corrected chi connectivity index (χ2v) is 5.29. The van der Waals surface area contributed by atoms with E-state index in [0.717, 1.165) is 18.9 Å². The highest BCUT2D eigenvalue weighted by molar-refractivity contribution is 4.83. The van der Waals surface area contributed by atoms with Gasteiger partial charge < -0.3 is 10.6 Å². The molecule has 1 aliphatic rings. The minimum Gasteiger partial charge on any atom is -0.330 e. The Morgan fingerprint density at radius 3 is 2.54 bits per heavy atom. The molecular weight excluding hydrogens is 160 g/mol. The van der Waals surface area contributed by atoms with Crippen LogP contribution >= 0.6 is 0 Å². The monoisotopic (exact) mass is 184 g/mol. The van der Waals surface area contributed by atoms with Crippen LogP contribution in [0.5, 0.6) is 0 Å². The third kappa shape index (κ3) is 3.28. The number of rotatable bonds is 3. The summed E-state index contributed by atoms with van der Waals surface area (Å²) in [5, 5.41) is 0. The lowest BCUT2D eigenvalue weighted by Gasteiger charge is -2.27. The molecule has 2 heteroatoms. The van der Waals surface area contributed by atoms with Gasteiger partial charge in [-0.15, -0.1) is 0 Å². The maximum absolute atomic E-state index is 5.50. The lowest BCUT2D eigenvalue weighted by Crippen LogP contribution is -2.27. The third-order valence-corrected chi connectivity index (χ3v) is 3.18. The SMILES string of the molecule is CC(C)(C)C1CCN(CCCN)C1. The summed E-state index contributed by atoms with van der Waals surface area (Å²) in [6.45, 7) is 11.6. The predicted molar refractivity (Wildman–Crippen MR) is 57.7 cm³/mol. The van der Waals surface area contributed by atoms with Crippen LogP contribution < -0.4 is 5.73 Å². The van der Waals surface area contributed by atoms with Crippen molar-refractivity contribution in [3.63, 3.8) is 0 Å². The Morgan fingerprint density at radius 2 is 2.08 bits per heavy atom. The van der Waals surface area contributed by atoms with E-state index < -0.39 is 0 Å². The largest absolute Gasteiger partial charge is 0.330 e. The summed E-state index contributed by atoms with van der Waals surface area (Å²) in [4.78, 5) is 2.56. The molecule has 0 saturated carbocycles. The summed E-state index contributed by atoms with van der Waals surface area (Å²) in [7, 11) is 0. The van der Waals surface area contributed by atoms with Gasteiger partial charge in [0.1, 0.15) is 0 Å². The molecule has 0 spiro atoms. The fourth-order valence-electron chi connectivity index (χ4n) is 2.06. The van der Waals surface area contributed by atoms with E-state index in [1.54, 1.807) is 0 Å². The standard InChI is InChI=1S/C11H24N2/c1-11(2,3)10-5-8-13(9-10)7-4-6-12/h10H,4-9,12H2,1-3H3. The fraction of sp³-hybridized carbons (Fsp3) is 1.00. The molecule has 1 rings (SSSR count). The van der Waals surface area contributed by atoms with Gasteiger partial charge in [0.2, 0.25) is 0 Å². The van der Waals surface area contributed by atoms with Crippen molar-refractivity contribution in [2.75, 3.05) is 26.2 Å². The minimum absolute atomic E-state index is 0.484. The molecule has 0 amide bonds. The fourth-order valence-corrected chi connectivity index (χ4v) is 2.06. The molecule has 0 aromatic rings. The highest BCUT2D eigenvalue weighted by atomic mass is 15.1. The lowest BCUT2D eigenvalue weighted by molar-refractivity contribution is 0.229. The molecule has 0 aromatic heterocycles. The van der Waals surface area contributed by atoms with Crippen LogP contribution in [0.25, 0.3) is 0 Å². The van der Waals surface area contributed by atoms with Crippen LogP contribution in [0.15, 0.2) is 0 Å². The average Bonchev–Trinajstić information content (AvgIpc) is 2.47. The van der Waals surface area contributed by atoms with Crippen molar-refractivity contribution in [3.8, 4) is 0 Å². The van der Waals surface area contributed by atoms with E-state index in [-0.39, 0.29) is 0 Å². The van der Waals surface area contributed by atoms with Gasteiger partial charge in [-0.25, -0.2) is 0 Å². The van der Waals surface area contributed by atoms with Crippen LogP contribution in [0.1, 0.15) is 33.6 Å².